The van der Waals surface area contributed by atoms with Crippen molar-refractivity contribution in [2.75, 3.05) is 0 Å². The molecule has 1 aromatic carbocycles. The molecule has 0 aliphatic heterocycles. The first-order valence-corrected chi connectivity index (χ1v) is 9.69. The van der Waals surface area contributed by atoms with E-state index in [1.54, 1.807) is 16.3 Å². The van der Waals surface area contributed by atoms with Crippen LogP contribution in [0.2, 0.25) is 0 Å². The van der Waals surface area contributed by atoms with E-state index >= 15 is 0 Å². The van der Waals surface area contributed by atoms with Crippen LogP contribution in [0.5, 0.6) is 0 Å². The van der Waals surface area contributed by atoms with Crippen LogP contribution in [0.3, 0.4) is 0 Å². The second-order valence-corrected chi connectivity index (χ2v) is 7.17. The van der Waals surface area contributed by atoms with Gasteiger partial charge in [0.1, 0.15) is 0 Å². The van der Waals surface area contributed by atoms with E-state index in [-0.39, 0.29) is 5.69 Å². The van der Waals surface area contributed by atoms with Crippen LogP contribution in [0, 0.1) is 0 Å². The number of nitrogens with one attached hydrogen (secondary N) is 1. The Morgan fingerprint density at radius 3 is 2.88 bits per heavy atom. The molecule has 0 fully saturated rings. The summed E-state index contributed by atoms with van der Waals surface area (Å²) in [6.45, 7) is 2.75. The lowest BCUT2D eigenvalue weighted by Crippen LogP contribution is -2.17. The number of thioether (sulfide) groups is 1. The van der Waals surface area contributed by atoms with E-state index in [0.29, 0.717) is 6.54 Å². The minimum atomic E-state index is -0.135. The maximum atomic E-state index is 11.8. The quantitative estimate of drug-likeness (QED) is 0.690. The molecule has 0 bridgehead atoms. The number of hydrogen-bond acceptors (Lipinski definition) is 4. The molecule has 0 radical (unpaired) electrons. The van der Waals surface area contributed by atoms with Crippen molar-refractivity contribution in [3.63, 3.8) is 0 Å². The number of rotatable bonds is 6. The fourth-order valence-corrected chi connectivity index (χ4v) is 4.32. The molecule has 130 valence electrons. The van der Waals surface area contributed by atoms with Crippen molar-refractivity contribution in [3.8, 4) is 5.69 Å². The second-order valence-electron chi connectivity index (χ2n) is 6.22. The van der Waals surface area contributed by atoms with E-state index in [2.05, 4.69) is 33.9 Å². The Labute approximate surface area is 150 Å². The Hall–Kier alpha value is -2.28. The number of nitrogens with zero attached hydrogens (tertiary/aromatic N) is 4. The van der Waals surface area contributed by atoms with Gasteiger partial charge in [-0.2, -0.15) is 5.10 Å². The number of hydrogen-bond donors (Lipinski definition) is 1. The molecule has 0 atom stereocenters. The van der Waals surface area contributed by atoms with Crippen LogP contribution in [0.4, 0.5) is 0 Å². The molecule has 7 heteroatoms. The molecule has 1 N–H and O–H groups in total. The van der Waals surface area contributed by atoms with Crippen molar-refractivity contribution in [2.24, 2.45) is 0 Å². The number of H-pyrrole nitrogens is 1. The summed E-state index contributed by atoms with van der Waals surface area (Å²) < 4.78 is 3.79. The van der Waals surface area contributed by atoms with Crippen molar-refractivity contribution in [1.82, 2.24) is 24.5 Å². The number of aromatic amines is 1. The Bertz CT molecular complexity index is 925. The lowest BCUT2D eigenvalue weighted by Gasteiger charge is -2.05. The third-order valence-electron chi connectivity index (χ3n) is 4.52. The van der Waals surface area contributed by atoms with Gasteiger partial charge in [-0.25, -0.2) is 14.6 Å². The van der Waals surface area contributed by atoms with Gasteiger partial charge in [0.2, 0.25) is 0 Å². The largest absolute Gasteiger partial charge is 0.343 e. The zero-order chi connectivity index (χ0) is 17.2. The summed E-state index contributed by atoms with van der Waals surface area (Å²) >= 11 is 1.58. The van der Waals surface area contributed by atoms with Gasteiger partial charge in [0.25, 0.3) is 0 Å². The molecule has 3 aromatic rings. The lowest BCUT2D eigenvalue weighted by molar-refractivity contribution is 0.603. The molecule has 2 aromatic heterocycles. The van der Waals surface area contributed by atoms with E-state index in [0.717, 1.165) is 41.6 Å². The summed E-state index contributed by atoms with van der Waals surface area (Å²) in [5.74, 6) is 0.732. The molecule has 4 rings (SSSR count). The first-order valence-electron chi connectivity index (χ1n) is 8.71. The zero-order valence-corrected chi connectivity index (χ0v) is 15.1. The van der Waals surface area contributed by atoms with Gasteiger partial charge in [0.15, 0.2) is 5.16 Å². The molecule has 0 unspecified atom stereocenters. The summed E-state index contributed by atoms with van der Waals surface area (Å²) in [6, 6.07) is 10.3. The monoisotopic (exact) mass is 355 g/mol. The van der Waals surface area contributed by atoms with Crippen LogP contribution in [0.25, 0.3) is 5.69 Å². The number of aromatic nitrogens is 5. The molecule has 2 heterocycles. The Balaban J connectivity index is 1.61. The average molecular weight is 355 g/mol. The fourth-order valence-electron chi connectivity index (χ4n) is 3.38. The predicted octanol–water partition coefficient (Wildman–Crippen LogP) is 2.95. The van der Waals surface area contributed by atoms with E-state index in [1.807, 2.05) is 18.2 Å². The van der Waals surface area contributed by atoms with Crippen LogP contribution in [-0.4, -0.2) is 24.5 Å². The molecule has 1 aliphatic rings. The first kappa shape index (κ1) is 16.2. The van der Waals surface area contributed by atoms with Crippen LogP contribution in [-0.2, 0) is 25.1 Å². The van der Waals surface area contributed by atoms with Crippen LogP contribution in [0.1, 0.15) is 36.7 Å². The molecule has 1 aliphatic carbocycles. The molecule has 0 amide bonds. The molecule has 0 spiro atoms. The summed E-state index contributed by atoms with van der Waals surface area (Å²) in [5, 5.41) is 12.3. The highest BCUT2D eigenvalue weighted by atomic mass is 32.2. The smallest absolute Gasteiger partial charge is 0.270 e. The molecular formula is C18H21N5OS. The molecule has 25 heavy (non-hydrogen) atoms. The maximum Gasteiger partial charge on any atom is 0.343 e. The zero-order valence-electron chi connectivity index (χ0n) is 14.2. The Kier molecular flexibility index (Phi) is 4.48. The molecule has 0 saturated carbocycles. The minimum Gasteiger partial charge on any atom is -0.270 e. The van der Waals surface area contributed by atoms with Crippen LogP contribution >= 0.6 is 11.8 Å². The highest BCUT2D eigenvalue weighted by Gasteiger charge is 2.23. The van der Waals surface area contributed by atoms with Gasteiger partial charge in [0.05, 0.1) is 11.4 Å². The molecule has 6 nitrogen and oxygen atoms in total. The Morgan fingerprint density at radius 2 is 2.08 bits per heavy atom. The SMILES string of the molecule is CCCn1c(SCc2nn(-c3ccccc3)c3c2CCC3)n[nH]c1=O. The third kappa shape index (κ3) is 3.04. The van der Waals surface area contributed by atoms with Crippen LogP contribution < -0.4 is 5.69 Å². The average Bonchev–Trinajstić information content (AvgIpc) is 3.32. The highest BCUT2D eigenvalue weighted by Crippen LogP contribution is 2.31. The van der Waals surface area contributed by atoms with Crippen molar-refractivity contribution in [3.05, 3.63) is 57.8 Å². The van der Waals surface area contributed by atoms with Gasteiger partial charge >= 0.3 is 5.69 Å². The standard InChI is InChI=1S/C18H21N5OS/c1-2-11-22-17(24)19-20-18(22)25-12-15-14-9-6-10-16(14)23(21-15)13-7-4-3-5-8-13/h3-5,7-8H,2,6,9-12H2,1H3,(H,19,24). The highest BCUT2D eigenvalue weighted by molar-refractivity contribution is 7.98. The summed E-state index contributed by atoms with van der Waals surface area (Å²) in [7, 11) is 0. The van der Waals surface area contributed by atoms with Gasteiger partial charge in [-0.05, 0) is 43.4 Å². The predicted molar refractivity (Wildman–Crippen MR) is 98.3 cm³/mol. The lowest BCUT2D eigenvalue weighted by atomic mass is 10.2. The van der Waals surface area contributed by atoms with Gasteiger partial charge < -0.3 is 0 Å². The summed E-state index contributed by atoms with van der Waals surface area (Å²) in [6.07, 6.45) is 4.25. The number of fused-ring (bicyclic) bond motifs is 1. The maximum absolute atomic E-state index is 11.8. The van der Waals surface area contributed by atoms with E-state index in [9.17, 15) is 4.79 Å². The molecule has 0 saturated heterocycles. The van der Waals surface area contributed by atoms with Crippen LogP contribution in [0.15, 0.2) is 40.3 Å². The van der Waals surface area contributed by atoms with Gasteiger partial charge in [0, 0.05) is 18.0 Å². The van der Waals surface area contributed by atoms with Gasteiger partial charge in [-0.3, -0.25) is 4.57 Å². The van der Waals surface area contributed by atoms with Crippen molar-refractivity contribution < 1.29 is 0 Å². The first-order chi connectivity index (χ1) is 12.3. The topological polar surface area (TPSA) is 68.5 Å². The van der Waals surface area contributed by atoms with Gasteiger partial charge in [-0.1, -0.05) is 36.9 Å². The fraction of sp³-hybridized carbons (Fsp3) is 0.389. The minimum absolute atomic E-state index is 0.135. The normalized spacial score (nSPS) is 13.3. The van der Waals surface area contributed by atoms with Crippen molar-refractivity contribution in [1.29, 1.82) is 0 Å². The van der Waals surface area contributed by atoms with E-state index in [1.165, 1.54) is 17.7 Å². The van der Waals surface area contributed by atoms with E-state index in [4.69, 9.17) is 5.10 Å². The molecular weight excluding hydrogens is 334 g/mol. The second kappa shape index (κ2) is 6.92. The van der Waals surface area contributed by atoms with Crippen molar-refractivity contribution in [2.45, 2.75) is 50.1 Å². The summed E-state index contributed by atoms with van der Waals surface area (Å²) in [5.41, 5.74) is 4.79. The summed E-state index contributed by atoms with van der Waals surface area (Å²) in [4.78, 5) is 11.8. The third-order valence-corrected chi connectivity index (χ3v) is 5.51. The van der Waals surface area contributed by atoms with Gasteiger partial charge in [-0.15, -0.1) is 5.10 Å². The Morgan fingerprint density at radius 1 is 1.24 bits per heavy atom. The van der Waals surface area contributed by atoms with E-state index < -0.39 is 0 Å². The number of para-hydroxylation sites is 1. The van der Waals surface area contributed by atoms with Crippen molar-refractivity contribution >= 4 is 11.8 Å². The number of benzene rings is 1.